The minimum absolute atomic E-state index is 0.209. The second-order valence-electron chi connectivity index (χ2n) is 3.92. The van der Waals surface area contributed by atoms with E-state index < -0.39 is 15.0 Å². The van der Waals surface area contributed by atoms with Crippen LogP contribution in [0.2, 0.25) is 0 Å². The fourth-order valence-corrected chi connectivity index (χ4v) is 2.88. The molecule has 0 aliphatic carbocycles. The molecule has 1 amide bonds. The Morgan fingerprint density at radius 3 is 2.74 bits per heavy atom. The van der Waals surface area contributed by atoms with Gasteiger partial charge in [0.15, 0.2) is 5.69 Å². The van der Waals surface area contributed by atoms with E-state index in [2.05, 4.69) is 15.5 Å². The number of nitrogens with one attached hydrogen (secondary N) is 2. The standard InChI is InChI=1S/C10H16ClN3O4S/c1-7-9(19(11,16)17)8(14-13-7)10(15)12-5-3-4-6-18-2/h3-6H2,1-2H3,(H,12,15)(H,13,14). The lowest BCUT2D eigenvalue weighted by atomic mass is 10.3. The molecule has 0 atom stereocenters. The van der Waals surface area contributed by atoms with Gasteiger partial charge < -0.3 is 10.1 Å². The van der Waals surface area contributed by atoms with Gasteiger partial charge in [0, 0.05) is 30.9 Å². The quantitative estimate of drug-likeness (QED) is 0.573. The lowest BCUT2D eigenvalue weighted by Crippen LogP contribution is -2.26. The molecule has 0 unspecified atom stereocenters. The molecule has 7 nitrogen and oxygen atoms in total. The van der Waals surface area contributed by atoms with Gasteiger partial charge in [-0.25, -0.2) is 8.42 Å². The second kappa shape index (κ2) is 6.88. The van der Waals surface area contributed by atoms with Crippen molar-refractivity contribution < 1.29 is 17.9 Å². The third-order valence-corrected chi connectivity index (χ3v) is 3.86. The molecule has 0 radical (unpaired) electrons. The minimum atomic E-state index is -4.01. The van der Waals surface area contributed by atoms with Crippen molar-refractivity contribution in [3.05, 3.63) is 11.4 Å². The number of hydrogen-bond donors (Lipinski definition) is 2. The summed E-state index contributed by atoms with van der Waals surface area (Å²) in [4.78, 5) is 11.5. The Kier molecular flexibility index (Phi) is 5.77. The number of aromatic nitrogens is 2. The molecule has 0 aliphatic heterocycles. The van der Waals surface area contributed by atoms with Crippen molar-refractivity contribution in [2.75, 3.05) is 20.3 Å². The summed E-state index contributed by atoms with van der Waals surface area (Å²) in [5, 5.41) is 8.70. The van der Waals surface area contributed by atoms with Crippen molar-refractivity contribution >= 4 is 25.6 Å². The highest BCUT2D eigenvalue weighted by atomic mass is 35.7. The lowest BCUT2D eigenvalue weighted by Gasteiger charge is -2.04. The Bertz CT molecular complexity index is 541. The molecule has 1 aromatic rings. The van der Waals surface area contributed by atoms with Gasteiger partial charge in [-0.1, -0.05) is 0 Å². The highest BCUT2D eigenvalue weighted by Gasteiger charge is 2.26. The highest BCUT2D eigenvalue weighted by Crippen LogP contribution is 2.21. The minimum Gasteiger partial charge on any atom is -0.385 e. The van der Waals surface area contributed by atoms with Crippen LogP contribution in [-0.4, -0.2) is 44.8 Å². The molecule has 0 aromatic carbocycles. The Morgan fingerprint density at radius 2 is 2.16 bits per heavy atom. The van der Waals surface area contributed by atoms with Gasteiger partial charge in [-0.3, -0.25) is 9.89 Å². The molecule has 19 heavy (non-hydrogen) atoms. The summed E-state index contributed by atoms with van der Waals surface area (Å²) in [5.41, 5.74) is 0.0266. The van der Waals surface area contributed by atoms with Gasteiger partial charge >= 0.3 is 0 Å². The molecule has 0 aliphatic rings. The molecule has 108 valence electrons. The molecule has 0 saturated carbocycles. The van der Waals surface area contributed by atoms with Crippen molar-refractivity contribution in [3.63, 3.8) is 0 Å². The van der Waals surface area contributed by atoms with E-state index in [1.54, 1.807) is 7.11 Å². The van der Waals surface area contributed by atoms with Crippen molar-refractivity contribution in [2.45, 2.75) is 24.7 Å². The number of carbonyl (C=O) groups excluding carboxylic acids is 1. The molecule has 0 spiro atoms. The van der Waals surface area contributed by atoms with E-state index in [9.17, 15) is 13.2 Å². The van der Waals surface area contributed by atoms with E-state index in [1.807, 2.05) is 0 Å². The zero-order valence-corrected chi connectivity index (χ0v) is 12.3. The van der Waals surface area contributed by atoms with E-state index in [-0.39, 0.29) is 16.3 Å². The first-order valence-electron chi connectivity index (χ1n) is 5.64. The number of halogens is 1. The van der Waals surface area contributed by atoms with Crippen LogP contribution in [0.3, 0.4) is 0 Å². The van der Waals surface area contributed by atoms with Crippen LogP contribution in [0.25, 0.3) is 0 Å². The van der Waals surface area contributed by atoms with Gasteiger partial charge in [-0.05, 0) is 19.8 Å². The van der Waals surface area contributed by atoms with Crippen LogP contribution in [0.1, 0.15) is 29.0 Å². The summed E-state index contributed by atoms with van der Waals surface area (Å²) >= 11 is 0. The largest absolute Gasteiger partial charge is 0.385 e. The molecule has 1 aromatic heterocycles. The molecule has 0 saturated heterocycles. The molecular formula is C10H16ClN3O4S. The van der Waals surface area contributed by atoms with E-state index in [0.29, 0.717) is 13.2 Å². The van der Waals surface area contributed by atoms with Gasteiger partial charge in [0.2, 0.25) is 0 Å². The van der Waals surface area contributed by atoms with E-state index >= 15 is 0 Å². The first-order chi connectivity index (χ1) is 8.88. The first kappa shape index (κ1) is 15.9. The average molecular weight is 310 g/mol. The Labute approximate surface area is 116 Å². The fraction of sp³-hybridized carbons (Fsp3) is 0.600. The molecule has 9 heteroatoms. The summed E-state index contributed by atoms with van der Waals surface area (Å²) in [6.45, 7) is 2.51. The predicted molar refractivity (Wildman–Crippen MR) is 69.8 cm³/mol. The zero-order chi connectivity index (χ0) is 14.5. The van der Waals surface area contributed by atoms with Crippen LogP contribution in [0.5, 0.6) is 0 Å². The van der Waals surface area contributed by atoms with Crippen molar-refractivity contribution in [3.8, 4) is 0 Å². The Balaban J connectivity index is 2.68. The normalized spacial score (nSPS) is 11.5. The number of aryl methyl sites for hydroxylation is 1. The Morgan fingerprint density at radius 1 is 1.47 bits per heavy atom. The first-order valence-corrected chi connectivity index (χ1v) is 7.95. The smallest absolute Gasteiger partial charge is 0.273 e. The number of methoxy groups -OCH3 is 1. The molecule has 0 bridgehead atoms. The summed E-state index contributed by atoms with van der Waals surface area (Å²) < 4.78 is 27.6. The average Bonchev–Trinajstić information content (AvgIpc) is 2.70. The Hall–Kier alpha value is -1.12. The number of aromatic amines is 1. The third kappa shape index (κ3) is 4.48. The molecular weight excluding hydrogens is 294 g/mol. The van der Waals surface area contributed by atoms with Gasteiger partial charge in [0.25, 0.3) is 15.0 Å². The van der Waals surface area contributed by atoms with Crippen LogP contribution in [0, 0.1) is 6.92 Å². The zero-order valence-electron chi connectivity index (χ0n) is 10.7. The topological polar surface area (TPSA) is 101 Å². The third-order valence-electron chi connectivity index (χ3n) is 2.41. The van der Waals surface area contributed by atoms with Crippen LogP contribution >= 0.6 is 10.7 Å². The summed E-state index contributed by atoms with van der Waals surface area (Å²) in [6.07, 6.45) is 1.53. The number of unbranched alkanes of at least 4 members (excludes halogenated alkanes) is 1. The van der Waals surface area contributed by atoms with Crippen LogP contribution < -0.4 is 5.32 Å². The molecule has 1 heterocycles. The summed E-state index contributed by atoms with van der Waals surface area (Å²) in [7, 11) is 2.87. The maximum atomic E-state index is 11.8. The van der Waals surface area contributed by atoms with Gasteiger partial charge in [-0.2, -0.15) is 5.10 Å². The van der Waals surface area contributed by atoms with E-state index in [1.165, 1.54) is 6.92 Å². The van der Waals surface area contributed by atoms with Gasteiger partial charge in [0.1, 0.15) is 4.90 Å². The maximum Gasteiger partial charge on any atom is 0.273 e. The number of nitrogens with zero attached hydrogens (tertiary/aromatic N) is 1. The van der Waals surface area contributed by atoms with Crippen LogP contribution in [0.4, 0.5) is 0 Å². The van der Waals surface area contributed by atoms with Crippen molar-refractivity contribution in [2.24, 2.45) is 0 Å². The highest BCUT2D eigenvalue weighted by molar-refractivity contribution is 8.13. The number of rotatable bonds is 7. The molecule has 2 N–H and O–H groups in total. The van der Waals surface area contributed by atoms with Crippen molar-refractivity contribution in [1.82, 2.24) is 15.5 Å². The van der Waals surface area contributed by atoms with Gasteiger partial charge in [0.05, 0.1) is 5.69 Å². The lowest BCUT2D eigenvalue weighted by molar-refractivity contribution is 0.0943. The van der Waals surface area contributed by atoms with Gasteiger partial charge in [-0.15, -0.1) is 0 Å². The number of H-pyrrole nitrogens is 1. The molecule has 1 rings (SSSR count). The van der Waals surface area contributed by atoms with Crippen LogP contribution in [-0.2, 0) is 13.8 Å². The van der Waals surface area contributed by atoms with Crippen molar-refractivity contribution in [1.29, 1.82) is 0 Å². The second-order valence-corrected chi connectivity index (χ2v) is 6.42. The van der Waals surface area contributed by atoms with Crippen LogP contribution in [0.15, 0.2) is 4.90 Å². The fourth-order valence-electron chi connectivity index (χ4n) is 1.53. The number of hydrogen-bond acceptors (Lipinski definition) is 5. The SMILES string of the molecule is COCCCCNC(=O)c1n[nH]c(C)c1S(=O)(=O)Cl. The summed E-state index contributed by atoms with van der Waals surface area (Å²) in [6, 6.07) is 0. The number of ether oxygens (including phenoxy) is 1. The number of carbonyl (C=O) groups is 1. The number of amides is 1. The van der Waals surface area contributed by atoms with E-state index in [0.717, 1.165) is 12.8 Å². The monoisotopic (exact) mass is 309 g/mol. The van der Waals surface area contributed by atoms with E-state index in [4.69, 9.17) is 15.4 Å². The summed E-state index contributed by atoms with van der Waals surface area (Å²) in [5.74, 6) is -0.569. The molecule has 0 fully saturated rings. The maximum absolute atomic E-state index is 11.8. The predicted octanol–water partition coefficient (Wildman–Crippen LogP) is 0.802.